The van der Waals surface area contributed by atoms with Crippen LogP contribution in [0.15, 0.2) is 18.2 Å². The minimum atomic E-state index is -0.538. The van der Waals surface area contributed by atoms with Gasteiger partial charge in [-0.25, -0.2) is 0 Å². The number of hydrogen-bond donors (Lipinski definition) is 1. The number of rotatable bonds is 4. The number of hydrogen-bond acceptors (Lipinski definition) is 5. The normalized spacial score (nSPS) is 18.2. The SMILES string of the molecule is CN(C)CC1CCCN1C(=O)c1cc(N)ccc1[N+](=O)[O-]. The van der Waals surface area contributed by atoms with Crippen molar-refractivity contribution in [2.75, 3.05) is 32.9 Å². The van der Waals surface area contributed by atoms with Crippen LogP contribution in [0.2, 0.25) is 0 Å². The van der Waals surface area contributed by atoms with Crippen molar-refractivity contribution in [3.05, 3.63) is 33.9 Å². The number of amides is 1. The molecule has 21 heavy (non-hydrogen) atoms. The third-order valence-electron chi connectivity index (χ3n) is 3.66. The van der Waals surface area contributed by atoms with E-state index in [1.165, 1.54) is 18.2 Å². The second kappa shape index (κ2) is 6.09. The average Bonchev–Trinajstić information content (AvgIpc) is 2.84. The first-order valence-electron chi connectivity index (χ1n) is 6.89. The number of nitrogens with zero attached hydrogens (tertiary/aromatic N) is 3. The molecular weight excluding hydrogens is 272 g/mol. The molecule has 2 rings (SSSR count). The molecule has 1 unspecified atom stereocenters. The number of benzene rings is 1. The van der Waals surface area contributed by atoms with E-state index in [0.29, 0.717) is 12.2 Å². The molecule has 0 spiro atoms. The Balaban J connectivity index is 2.31. The lowest BCUT2D eigenvalue weighted by atomic mass is 10.1. The van der Waals surface area contributed by atoms with Crippen LogP contribution in [0.4, 0.5) is 11.4 Å². The van der Waals surface area contributed by atoms with Gasteiger partial charge in [0.1, 0.15) is 5.56 Å². The molecule has 1 saturated heterocycles. The molecule has 1 aliphatic heterocycles. The van der Waals surface area contributed by atoms with Gasteiger partial charge >= 0.3 is 0 Å². The quantitative estimate of drug-likeness (QED) is 0.513. The Hall–Kier alpha value is -2.15. The molecule has 0 radical (unpaired) electrons. The minimum Gasteiger partial charge on any atom is -0.399 e. The number of carbonyl (C=O) groups excluding carboxylic acids is 1. The molecule has 1 heterocycles. The zero-order chi connectivity index (χ0) is 15.6. The summed E-state index contributed by atoms with van der Waals surface area (Å²) in [6.45, 7) is 1.38. The van der Waals surface area contributed by atoms with Crippen molar-refractivity contribution < 1.29 is 9.72 Å². The maximum absolute atomic E-state index is 12.7. The van der Waals surface area contributed by atoms with E-state index in [1.807, 2.05) is 19.0 Å². The van der Waals surface area contributed by atoms with Gasteiger partial charge in [-0.3, -0.25) is 14.9 Å². The summed E-state index contributed by atoms with van der Waals surface area (Å²) in [5.41, 5.74) is 5.92. The summed E-state index contributed by atoms with van der Waals surface area (Å²) in [4.78, 5) is 27.0. The van der Waals surface area contributed by atoms with Gasteiger partial charge in [-0.1, -0.05) is 0 Å². The van der Waals surface area contributed by atoms with Crippen LogP contribution in [0.1, 0.15) is 23.2 Å². The molecule has 1 amide bonds. The molecule has 7 heteroatoms. The second-order valence-electron chi connectivity index (χ2n) is 5.59. The minimum absolute atomic E-state index is 0.0747. The number of likely N-dealkylation sites (tertiary alicyclic amines) is 1. The van der Waals surface area contributed by atoms with Gasteiger partial charge in [0.25, 0.3) is 11.6 Å². The molecule has 1 atom stereocenters. The molecule has 1 aromatic rings. The predicted molar refractivity (Wildman–Crippen MR) is 80.1 cm³/mol. The van der Waals surface area contributed by atoms with Crippen molar-refractivity contribution in [3.63, 3.8) is 0 Å². The zero-order valence-corrected chi connectivity index (χ0v) is 12.3. The lowest BCUT2D eigenvalue weighted by molar-refractivity contribution is -0.385. The van der Waals surface area contributed by atoms with Crippen LogP contribution in [0.3, 0.4) is 0 Å². The Kier molecular flexibility index (Phi) is 4.42. The Morgan fingerprint density at radius 2 is 2.24 bits per heavy atom. The van der Waals surface area contributed by atoms with Crippen LogP contribution in [-0.2, 0) is 0 Å². The Morgan fingerprint density at radius 3 is 2.86 bits per heavy atom. The van der Waals surface area contributed by atoms with Gasteiger partial charge in [0.05, 0.1) is 4.92 Å². The molecule has 7 nitrogen and oxygen atoms in total. The molecule has 0 aliphatic carbocycles. The molecular formula is C14H20N4O3. The summed E-state index contributed by atoms with van der Waals surface area (Å²) >= 11 is 0. The first-order chi connectivity index (χ1) is 9.90. The van der Waals surface area contributed by atoms with Gasteiger partial charge < -0.3 is 15.5 Å². The standard InChI is InChI=1S/C14H20N4O3/c1-16(2)9-11-4-3-7-17(11)14(19)12-8-10(15)5-6-13(12)18(20)21/h5-6,8,11H,3-4,7,9,15H2,1-2H3. The van der Waals surface area contributed by atoms with Gasteiger partial charge in [0.15, 0.2) is 0 Å². The van der Waals surface area contributed by atoms with Crippen molar-refractivity contribution in [1.29, 1.82) is 0 Å². The number of nitro groups is 1. The number of anilines is 1. The summed E-state index contributed by atoms with van der Waals surface area (Å²) in [7, 11) is 3.90. The molecule has 2 N–H and O–H groups in total. The van der Waals surface area contributed by atoms with Crippen LogP contribution in [0.5, 0.6) is 0 Å². The average molecular weight is 292 g/mol. The van der Waals surface area contributed by atoms with E-state index in [0.717, 1.165) is 19.4 Å². The fraction of sp³-hybridized carbons (Fsp3) is 0.500. The lowest BCUT2D eigenvalue weighted by Gasteiger charge is -2.27. The maximum atomic E-state index is 12.7. The first-order valence-corrected chi connectivity index (χ1v) is 6.89. The summed E-state index contributed by atoms with van der Waals surface area (Å²) < 4.78 is 0. The maximum Gasteiger partial charge on any atom is 0.282 e. The van der Waals surface area contributed by atoms with E-state index in [-0.39, 0.29) is 23.2 Å². The third-order valence-corrected chi connectivity index (χ3v) is 3.66. The van der Waals surface area contributed by atoms with E-state index in [9.17, 15) is 14.9 Å². The first kappa shape index (κ1) is 15.2. The highest BCUT2D eigenvalue weighted by molar-refractivity contribution is 5.99. The highest BCUT2D eigenvalue weighted by Crippen LogP contribution is 2.27. The fourth-order valence-corrected chi connectivity index (χ4v) is 2.75. The number of nitrogens with two attached hydrogens (primary N) is 1. The van der Waals surface area contributed by atoms with Crippen molar-refractivity contribution >= 4 is 17.3 Å². The van der Waals surface area contributed by atoms with E-state index in [1.54, 1.807) is 4.90 Å². The van der Waals surface area contributed by atoms with Crippen LogP contribution in [0.25, 0.3) is 0 Å². The van der Waals surface area contributed by atoms with Gasteiger partial charge in [0, 0.05) is 30.9 Å². The molecule has 114 valence electrons. The Bertz CT molecular complexity index is 559. The smallest absolute Gasteiger partial charge is 0.282 e. The van der Waals surface area contributed by atoms with Crippen molar-refractivity contribution in [2.45, 2.75) is 18.9 Å². The van der Waals surface area contributed by atoms with Crippen LogP contribution < -0.4 is 5.73 Å². The fourth-order valence-electron chi connectivity index (χ4n) is 2.75. The molecule has 1 aliphatic rings. The third kappa shape index (κ3) is 3.30. The molecule has 1 aromatic carbocycles. The number of carbonyl (C=O) groups is 1. The number of nitro benzene ring substituents is 1. The van der Waals surface area contributed by atoms with Crippen molar-refractivity contribution in [3.8, 4) is 0 Å². The van der Waals surface area contributed by atoms with Crippen molar-refractivity contribution in [2.24, 2.45) is 0 Å². The van der Waals surface area contributed by atoms with Crippen LogP contribution >= 0.6 is 0 Å². The topological polar surface area (TPSA) is 92.7 Å². The number of nitrogen functional groups attached to an aromatic ring is 1. The predicted octanol–water partition coefficient (Wildman–Crippen LogP) is 1.34. The van der Waals surface area contributed by atoms with Crippen LogP contribution in [0, 0.1) is 10.1 Å². The number of likely N-dealkylation sites (N-methyl/N-ethyl adjacent to an activating group) is 1. The second-order valence-corrected chi connectivity index (χ2v) is 5.59. The monoisotopic (exact) mass is 292 g/mol. The lowest BCUT2D eigenvalue weighted by Crippen LogP contribution is -2.41. The van der Waals surface area contributed by atoms with E-state index in [2.05, 4.69) is 0 Å². The highest BCUT2D eigenvalue weighted by atomic mass is 16.6. The van der Waals surface area contributed by atoms with Crippen molar-refractivity contribution in [1.82, 2.24) is 9.80 Å². The molecule has 1 fully saturated rings. The highest BCUT2D eigenvalue weighted by Gasteiger charge is 2.33. The molecule has 0 saturated carbocycles. The van der Waals surface area contributed by atoms with Gasteiger partial charge in [0.2, 0.25) is 0 Å². The summed E-state index contributed by atoms with van der Waals surface area (Å²) in [5, 5.41) is 11.1. The molecule has 0 aromatic heterocycles. The van der Waals surface area contributed by atoms with Gasteiger partial charge in [-0.15, -0.1) is 0 Å². The molecule has 0 bridgehead atoms. The largest absolute Gasteiger partial charge is 0.399 e. The van der Waals surface area contributed by atoms with E-state index < -0.39 is 4.92 Å². The van der Waals surface area contributed by atoms with E-state index >= 15 is 0 Å². The zero-order valence-electron chi connectivity index (χ0n) is 12.3. The Morgan fingerprint density at radius 1 is 1.52 bits per heavy atom. The summed E-state index contributed by atoms with van der Waals surface area (Å²) in [6.07, 6.45) is 1.83. The van der Waals surface area contributed by atoms with Gasteiger partial charge in [-0.05, 0) is 39.1 Å². The van der Waals surface area contributed by atoms with Crippen LogP contribution in [-0.4, -0.2) is 53.9 Å². The Labute approximate surface area is 123 Å². The van der Waals surface area contributed by atoms with Gasteiger partial charge in [-0.2, -0.15) is 0 Å². The summed E-state index contributed by atoms with van der Waals surface area (Å²) in [5.74, 6) is -0.307. The summed E-state index contributed by atoms with van der Waals surface area (Å²) in [6, 6.07) is 4.22. The van der Waals surface area contributed by atoms with E-state index in [4.69, 9.17) is 5.73 Å².